The van der Waals surface area contributed by atoms with Gasteiger partial charge in [-0.2, -0.15) is 0 Å². The first-order chi connectivity index (χ1) is 7.72. The van der Waals surface area contributed by atoms with E-state index in [1.165, 1.54) is 32.1 Å². The van der Waals surface area contributed by atoms with E-state index in [1.54, 1.807) is 0 Å². The Morgan fingerprint density at radius 1 is 1.00 bits per heavy atom. The van der Waals surface area contributed by atoms with Crippen LogP contribution in [0, 0.1) is 5.92 Å². The smallest absolute Gasteiger partial charge is 0.226 e. The molecule has 16 heavy (non-hydrogen) atoms. The molecular weight excluding hydrogens is 202 g/mol. The molecule has 0 aromatic rings. The molecule has 0 unspecified atom stereocenters. The van der Waals surface area contributed by atoms with Gasteiger partial charge in [-0.05, 0) is 12.3 Å². The summed E-state index contributed by atoms with van der Waals surface area (Å²) in [6.07, 6.45) is 9.73. The minimum Gasteiger partial charge on any atom is -0.296 e. The molecule has 1 fully saturated rings. The number of nitrogens with one attached hydrogen (secondary N) is 1. The van der Waals surface area contributed by atoms with Gasteiger partial charge in [-0.15, -0.1) is 0 Å². The number of imide groups is 1. The van der Waals surface area contributed by atoms with Crippen molar-refractivity contribution in [3.8, 4) is 0 Å². The summed E-state index contributed by atoms with van der Waals surface area (Å²) in [4.78, 5) is 22.3. The molecule has 0 bridgehead atoms. The summed E-state index contributed by atoms with van der Waals surface area (Å²) in [5.74, 6) is 0.117. The van der Waals surface area contributed by atoms with Crippen LogP contribution in [0.2, 0.25) is 0 Å². The Morgan fingerprint density at radius 3 is 2.19 bits per heavy atom. The largest absolute Gasteiger partial charge is 0.296 e. The molecule has 0 aromatic carbocycles. The van der Waals surface area contributed by atoms with E-state index in [9.17, 15) is 9.59 Å². The monoisotopic (exact) mass is 225 g/mol. The Labute approximate surface area is 98.0 Å². The van der Waals surface area contributed by atoms with Crippen molar-refractivity contribution in [2.75, 3.05) is 0 Å². The normalized spacial score (nSPS) is 17.6. The lowest BCUT2D eigenvalue weighted by Gasteiger charge is -2.20. The first-order valence-corrected chi connectivity index (χ1v) is 6.55. The summed E-state index contributed by atoms with van der Waals surface area (Å²) < 4.78 is 0. The van der Waals surface area contributed by atoms with Crippen molar-refractivity contribution >= 4 is 11.8 Å². The highest BCUT2D eigenvalue weighted by Gasteiger charge is 2.23. The van der Waals surface area contributed by atoms with Gasteiger partial charge in [0.05, 0.1) is 0 Å². The zero-order valence-electron chi connectivity index (χ0n) is 10.3. The Morgan fingerprint density at radius 2 is 1.56 bits per heavy atom. The number of carbonyl (C=O) groups excluding carboxylic acids is 2. The molecule has 1 saturated heterocycles. The van der Waals surface area contributed by atoms with E-state index in [0.717, 1.165) is 12.8 Å². The predicted molar refractivity (Wildman–Crippen MR) is 63.9 cm³/mol. The fourth-order valence-electron chi connectivity index (χ4n) is 2.27. The average molecular weight is 225 g/mol. The molecule has 0 radical (unpaired) electrons. The van der Waals surface area contributed by atoms with E-state index in [4.69, 9.17) is 0 Å². The van der Waals surface area contributed by atoms with Crippen LogP contribution in [0.25, 0.3) is 0 Å². The summed E-state index contributed by atoms with van der Waals surface area (Å²) >= 11 is 0. The van der Waals surface area contributed by atoms with Crippen LogP contribution >= 0.6 is 0 Å². The summed E-state index contributed by atoms with van der Waals surface area (Å²) in [6.45, 7) is 2.21. The Balaban J connectivity index is 2.04. The van der Waals surface area contributed by atoms with E-state index in [0.29, 0.717) is 18.8 Å². The van der Waals surface area contributed by atoms with Gasteiger partial charge in [0, 0.05) is 12.8 Å². The number of carbonyl (C=O) groups is 2. The minimum atomic E-state index is -0.0905. The first-order valence-electron chi connectivity index (χ1n) is 6.55. The molecular formula is C13H23NO2. The van der Waals surface area contributed by atoms with Crippen molar-refractivity contribution in [1.29, 1.82) is 0 Å². The topological polar surface area (TPSA) is 46.2 Å². The van der Waals surface area contributed by atoms with Gasteiger partial charge < -0.3 is 0 Å². The molecule has 1 aliphatic heterocycles. The third kappa shape index (κ3) is 5.29. The number of hydrogen-bond acceptors (Lipinski definition) is 2. The van der Waals surface area contributed by atoms with Crippen molar-refractivity contribution in [1.82, 2.24) is 5.32 Å². The van der Waals surface area contributed by atoms with E-state index in [-0.39, 0.29) is 11.8 Å². The lowest BCUT2D eigenvalue weighted by molar-refractivity contribution is -0.134. The maximum Gasteiger partial charge on any atom is 0.226 e. The van der Waals surface area contributed by atoms with Crippen LogP contribution in [-0.4, -0.2) is 11.8 Å². The third-order valence-corrected chi connectivity index (χ3v) is 3.19. The molecule has 0 aliphatic carbocycles. The number of rotatable bonds is 7. The lowest BCUT2D eigenvalue weighted by atomic mass is 9.91. The van der Waals surface area contributed by atoms with Gasteiger partial charge in [-0.1, -0.05) is 45.4 Å². The van der Waals surface area contributed by atoms with Crippen molar-refractivity contribution in [3.63, 3.8) is 0 Å². The zero-order valence-corrected chi connectivity index (χ0v) is 10.3. The van der Waals surface area contributed by atoms with Gasteiger partial charge in [0.2, 0.25) is 11.8 Å². The quantitative estimate of drug-likeness (QED) is 0.535. The molecule has 0 aromatic heterocycles. The Bertz CT molecular complexity index is 222. The lowest BCUT2D eigenvalue weighted by Crippen LogP contribution is -2.38. The highest BCUT2D eigenvalue weighted by molar-refractivity contribution is 5.97. The van der Waals surface area contributed by atoms with Crippen molar-refractivity contribution in [3.05, 3.63) is 0 Å². The van der Waals surface area contributed by atoms with Gasteiger partial charge >= 0.3 is 0 Å². The van der Waals surface area contributed by atoms with Gasteiger partial charge in [0.25, 0.3) is 0 Å². The van der Waals surface area contributed by atoms with E-state index in [1.807, 2.05) is 0 Å². The highest BCUT2D eigenvalue weighted by atomic mass is 16.2. The van der Waals surface area contributed by atoms with Crippen LogP contribution < -0.4 is 5.32 Å². The minimum absolute atomic E-state index is 0.0905. The van der Waals surface area contributed by atoms with Crippen LogP contribution in [0.1, 0.15) is 64.7 Å². The van der Waals surface area contributed by atoms with Gasteiger partial charge in [-0.25, -0.2) is 0 Å². The second kappa shape index (κ2) is 7.42. The second-order valence-corrected chi connectivity index (χ2v) is 4.80. The van der Waals surface area contributed by atoms with Crippen LogP contribution in [-0.2, 0) is 9.59 Å². The fraction of sp³-hybridized carbons (Fsp3) is 0.846. The van der Waals surface area contributed by atoms with Crippen LogP contribution in [0.3, 0.4) is 0 Å². The van der Waals surface area contributed by atoms with Gasteiger partial charge in [0.1, 0.15) is 0 Å². The summed E-state index contributed by atoms with van der Waals surface area (Å²) in [7, 11) is 0. The first kappa shape index (κ1) is 13.2. The van der Waals surface area contributed by atoms with E-state index < -0.39 is 0 Å². The molecule has 0 atom stereocenters. The zero-order chi connectivity index (χ0) is 11.8. The number of unbranched alkanes of at least 4 members (excludes halogenated alkanes) is 5. The SMILES string of the molecule is CCCCCCCCC1CC(=O)NC(=O)C1. The van der Waals surface area contributed by atoms with E-state index in [2.05, 4.69) is 12.2 Å². The molecule has 1 rings (SSSR count). The molecule has 1 aliphatic rings. The number of piperidine rings is 1. The Hall–Kier alpha value is -0.860. The maximum atomic E-state index is 11.1. The summed E-state index contributed by atoms with van der Waals surface area (Å²) in [6, 6.07) is 0. The van der Waals surface area contributed by atoms with Gasteiger partial charge in [0.15, 0.2) is 0 Å². The summed E-state index contributed by atoms with van der Waals surface area (Å²) in [5.41, 5.74) is 0. The van der Waals surface area contributed by atoms with E-state index >= 15 is 0 Å². The van der Waals surface area contributed by atoms with Crippen molar-refractivity contribution < 1.29 is 9.59 Å². The molecule has 2 amide bonds. The van der Waals surface area contributed by atoms with Crippen LogP contribution in [0.15, 0.2) is 0 Å². The molecule has 1 N–H and O–H groups in total. The van der Waals surface area contributed by atoms with Crippen molar-refractivity contribution in [2.45, 2.75) is 64.7 Å². The predicted octanol–water partition coefficient (Wildman–Crippen LogP) is 2.79. The molecule has 3 nitrogen and oxygen atoms in total. The molecule has 1 heterocycles. The number of amides is 2. The molecule has 0 spiro atoms. The van der Waals surface area contributed by atoms with Gasteiger partial charge in [-0.3, -0.25) is 14.9 Å². The standard InChI is InChI=1S/C13H23NO2/c1-2-3-4-5-6-7-8-11-9-12(15)14-13(16)10-11/h11H,2-10H2,1H3,(H,14,15,16). The van der Waals surface area contributed by atoms with Crippen molar-refractivity contribution in [2.24, 2.45) is 5.92 Å². The Kier molecular flexibility index (Phi) is 6.12. The average Bonchev–Trinajstić information content (AvgIpc) is 2.22. The fourth-order valence-corrected chi connectivity index (χ4v) is 2.27. The van der Waals surface area contributed by atoms with Crippen LogP contribution in [0.4, 0.5) is 0 Å². The highest BCUT2D eigenvalue weighted by Crippen LogP contribution is 2.21. The van der Waals surface area contributed by atoms with Crippen LogP contribution in [0.5, 0.6) is 0 Å². The molecule has 92 valence electrons. The number of hydrogen-bond donors (Lipinski definition) is 1. The summed E-state index contributed by atoms with van der Waals surface area (Å²) in [5, 5.41) is 2.35. The second-order valence-electron chi connectivity index (χ2n) is 4.80. The maximum absolute atomic E-state index is 11.1. The third-order valence-electron chi connectivity index (χ3n) is 3.19. The molecule has 3 heteroatoms. The molecule has 0 saturated carbocycles.